The predicted octanol–water partition coefficient (Wildman–Crippen LogP) is 5.57. The van der Waals surface area contributed by atoms with Crippen LogP contribution in [0.15, 0.2) is 95.5 Å². The maximum Gasteiger partial charge on any atom is 0.269 e. The van der Waals surface area contributed by atoms with Gasteiger partial charge in [-0.05, 0) is 62.7 Å². The van der Waals surface area contributed by atoms with Gasteiger partial charge in [-0.15, -0.1) is 0 Å². The molecule has 4 rings (SSSR count). The highest BCUT2D eigenvalue weighted by Gasteiger charge is 2.28. The van der Waals surface area contributed by atoms with Gasteiger partial charge in [0.2, 0.25) is 0 Å². The van der Waals surface area contributed by atoms with Gasteiger partial charge in [0.1, 0.15) is 0 Å². The van der Waals surface area contributed by atoms with Crippen molar-refractivity contribution < 1.29 is 13.2 Å². The summed E-state index contributed by atoms with van der Waals surface area (Å²) in [6.07, 6.45) is 3.61. The molecule has 0 spiro atoms. The van der Waals surface area contributed by atoms with Crippen molar-refractivity contribution >= 4 is 26.8 Å². The van der Waals surface area contributed by atoms with E-state index in [9.17, 15) is 13.2 Å². The standard InChI is InChI=1S/C26H24N2O3S/c1-18(2)15-24(21-10-7-9-20(16-21)19(3)29)25-17-22-11-8-14-27-26(22)28(25)32(30,31)23-12-5-4-6-13-23/h4-17,24H,1-3H3. The van der Waals surface area contributed by atoms with Gasteiger partial charge in [0.25, 0.3) is 10.0 Å². The molecule has 0 aliphatic rings. The van der Waals surface area contributed by atoms with Crippen LogP contribution in [0.2, 0.25) is 0 Å². The van der Waals surface area contributed by atoms with Crippen LogP contribution in [0, 0.1) is 0 Å². The average molecular weight is 445 g/mol. The molecular weight excluding hydrogens is 420 g/mol. The van der Waals surface area contributed by atoms with Crippen molar-refractivity contribution in [1.82, 2.24) is 8.96 Å². The van der Waals surface area contributed by atoms with Crippen molar-refractivity contribution in [2.24, 2.45) is 0 Å². The quantitative estimate of drug-likeness (QED) is 0.288. The summed E-state index contributed by atoms with van der Waals surface area (Å²) in [5.41, 5.74) is 3.41. The van der Waals surface area contributed by atoms with E-state index < -0.39 is 10.0 Å². The van der Waals surface area contributed by atoms with Crippen molar-refractivity contribution in [2.45, 2.75) is 31.6 Å². The number of rotatable bonds is 6. The number of allylic oxidation sites excluding steroid dienone is 2. The Labute approximate surface area is 188 Å². The zero-order valence-electron chi connectivity index (χ0n) is 18.2. The van der Waals surface area contributed by atoms with Crippen LogP contribution < -0.4 is 0 Å². The summed E-state index contributed by atoms with van der Waals surface area (Å²) < 4.78 is 28.9. The lowest BCUT2D eigenvalue weighted by atomic mass is 9.92. The van der Waals surface area contributed by atoms with E-state index in [-0.39, 0.29) is 16.6 Å². The van der Waals surface area contributed by atoms with Gasteiger partial charge in [-0.25, -0.2) is 17.4 Å². The van der Waals surface area contributed by atoms with E-state index in [1.807, 2.05) is 50.3 Å². The summed E-state index contributed by atoms with van der Waals surface area (Å²) in [5.74, 6) is -0.422. The smallest absolute Gasteiger partial charge is 0.269 e. The van der Waals surface area contributed by atoms with Crippen molar-refractivity contribution in [2.75, 3.05) is 0 Å². The largest absolute Gasteiger partial charge is 0.295 e. The van der Waals surface area contributed by atoms with Crippen molar-refractivity contribution in [1.29, 1.82) is 0 Å². The van der Waals surface area contributed by atoms with E-state index in [1.54, 1.807) is 48.7 Å². The first-order valence-electron chi connectivity index (χ1n) is 10.3. The van der Waals surface area contributed by atoms with Gasteiger partial charge in [-0.1, -0.05) is 48.0 Å². The van der Waals surface area contributed by atoms with Crippen LogP contribution in [0.5, 0.6) is 0 Å². The fourth-order valence-electron chi connectivity index (χ4n) is 3.84. The highest BCUT2D eigenvalue weighted by Crippen LogP contribution is 2.34. The minimum atomic E-state index is -3.91. The number of pyridine rings is 1. The Morgan fingerprint density at radius 1 is 0.938 bits per heavy atom. The Kier molecular flexibility index (Phi) is 5.80. The summed E-state index contributed by atoms with van der Waals surface area (Å²) in [5, 5.41) is 0.733. The van der Waals surface area contributed by atoms with Gasteiger partial charge < -0.3 is 0 Å². The maximum atomic E-state index is 13.8. The first-order chi connectivity index (χ1) is 15.3. The second kappa shape index (κ2) is 8.55. The Hall–Kier alpha value is -3.51. The minimum absolute atomic E-state index is 0.0399. The third-order valence-corrected chi connectivity index (χ3v) is 7.03. The first kappa shape index (κ1) is 21.7. The van der Waals surface area contributed by atoms with Crippen LogP contribution in [0.4, 0.5) is 0 Å². The Balaban J connectivity index is 2.04. The molecule has 0 saturated heterocycles. The monoisotopic (exact) mass is 444 g/mol. The average Bonchev–Trinajstić information content (AvgIpc) is 3.18. The molecule has 0 saturated carbocycles. The molecule has 0 N–H and O–H groups in total. The molecule has 0 radical (unpaired) electrons. The van der Waals surface area contributed by atoms with Crippen LogP contribution in [-0.2, 0) is 10.0 Å². The summed E-state index contributed by atoms with van der Waals surface area (Å²) in [6.45, 7) is 5.47. The van der Waals surface area contributed by atoms with E-state index in [0.29, 0.717) is 16.9 Å². The van der Waals surface area contributed by atoms with E-state index >= 15 is 0 Å². The third kappa shape index (κ3) is 4.01. The number of ketones is 1. The molecule has 1 unspecified atom stereocenters. The minimum Gasteiger partial charge on any atom is -0.295 e. The Morgan fingerprint density at radius 2 is 1.69 bits per heavy atom. The van der Waals surface area contributed by atoms with Gasteiger partial charge >= 0.3 is 0 Å². The fraction of sp³-hybridized carbons (Fsp3) is 0.154. The number of hydrogen-bond acceptors (Lipinski definition) is 4. The molecular formula is C26H24N2O3S. The van der Waals surface area contributed by atoms with Gasteiger partial charge in [0.05, 0.1) is 4.90 Å². The van der Waals surface area contributed by atoms with Crippen molar-refractivity contribution in [3.8, 4) is 0 Å². The van der Waals surface area contributed by atoms with E-state index in [0.717, 1.165) is 16.5 Å². The number of aromatic nitrogens is 2. The fourth-order valence-corrected chi connectivity index (χ4v) is 5.37. The van der Waals surface area contributed by atoms with Crippen LogP contribution in [0.25, 0.3) is 11.0 Å². The predicted molar refractivity (Wildman–Crippen MR) is 126 cm³/mol. The number of nitrogens with zero attached hydrogens (tertiary/aromatic N) is 2. The molecule has 0 bridgehead atoms. The molecule has 4 aromatic rings. The Bertz CT molecular complexity index is 1430. The molecule has 162 valence electrons. The molecule has 0 aliphatic heterocycles. The third-order valence-electron chi connectivity index (χ3n) is 5.30. The summed E-state index contributed by atoms with van der Waals surface area (Å²) in [4.78, 5) is 16.6. The zero-order chi connectivity index (χ0) is 22.9. The SMILES string of the molecule is CC(=O)c1cccc(C(C=C(C)C)c2cc3cccnc3n2S(=O)(=O)c2ccccc2)c1. The van der Waals surface area contributed by atoms with E-state index in [4.69, 9.17) is 0 Å². The van der Waals surface area contributed by atoms with Crippen LogP contribution >= 0.6 is 0 Å². The van der Waals surface area contributed by atoms with Gasteiger partial charge in [-0.2, -0.15) is 0 Å². The number of benzene rings is 2. The highest BCUT2D eigenvalue weighted by atomic mass is 32.2. The van der Waals surface area contributed by atoms with Crippen LogP contribution in [0.3, 0.4) is 0 Å². The first-order valence-corrected chi connectivity index (χ1v) is 11.8. The molecule has 2 aromatic carbocycles. The van der Waals surface area contributed by atoms with Crippen molar-refractivity contribution in [3.05, 3.63) is 107 Å². The maximum absolute atomic E-state index is 13.8. The lowest BCUT2D eigenvalue weighted by molar-refractivity contribution is 0.101. The molecule has 5 nitrogen and oxygen atoms in total. The number of carbonyl (C=O) groups excluding carboxylic acids is 1. The number of carbonyl (C=O) groups is 1. The van der Waals surface area contributed by atoms with E-state index in [2.05, 4.69) is 4.98 Å². The molecule has 6 heteroatoms. The number of Topliss-reactive ketones (excluding diaryl/α,β-unsaturated/α-hetero) is 1. The van der Waals surface area contributed by atoms with Gasteiger partial charge in [-0.3, -0.25) is 4.79 Å². The molecule has 0 amide bonds. The lowest BCUT2D eigenvalue weighted by Crippen LogP contribution is -2.18. The second-order valence-corrected chi connectivity index (χ2v) is 9.76. The molecule has 1 atom stereocenters. The summed E-state index contributed by atoms with van der Waals surface area (Å²) >= 11 is 0. The number of hydrogen-bond donors (Lipinski definition) is 0. The topological polar surface area (TPSA) is 69.0 Å². The molecule has 0 aliphatic carbocycles. The summed E-state index contributed by atoms with van der Waals surface area (Å²) in [7, 11) is -3.91. The van der Waals surface area contributed by atoms with Gasteiger partial charge in [0, 0.05) is 28.8 Å². The summed E-state index contributed by atoms with van der Waals surface area (Å²) in [6, 6.07) is 21.2. The number of fused-ring (bicyclic) bond motifs is 1. The van der Waals surface area contributed by atoms with Crippen LogP contribution in [0.1, 0.15) is 48.3 Å². The van der Waals surface area contributed by atoms with E-state index in [1.165, 1.54) is 10.9 Å². The van der Waals surface area contributed by atoms with Crippen molar-refractivity contribution in [3.63, 3.8) is 0 Å². The molecule has 2 heterocycles. The Morgan fingerprint density at radius 3 is 2.38 bits per heavy atom. The molecule has 32 heavy (non-hydrogen) atoms. The molecule has 0 fully saturated rings. The second-order valence-electron chi connectivity index (χ2n) is 7.97. The van der Waals surface area contributed by atoms with Gasteiger partial charge in [0.15, 0.2) is 11.4 Å². The highest BCUT2D eigenvalue weighted by molar-refractivity contribution is 7.90. The molecule has 2 aromatic heterocycles. The van der Waals surface area contributed by atoms with Crippen LogP contribution in [-0.4, -0.2) is 23.2 Å². The normalized spacial score (nSPS) is 12.5. The zero-order valence-corrected chi connectivity index (χ0v) is 19.0. The lowest BCUT2D eigenvalue weighted by Gasteiger charge is -2.19.